The summed E-state index contributed by atoms with van der Waals surface area (Å²) in [5.41, 5.74) is 2.57. The molecule has 2 aromatic heterocycles. The number of hydrogen-bond donors (Lipinski definition) is 0. The van der Waals surface area contributed by atoms with Crippen LogP contribution in [0.1, 0.15) is 10.5 Å². The van der Waals surface area contributed by atoms with Crippen LogP contribution < -0.4 is 0 Å². The molecule has 0 aliphatic rings. The summed E-state index contributed by atoms with van der Waals surface area (Å²) in [5.74, 6) is 0. The summed E-state index contributed by atoms with van der Waals surface area (Å²) in [7, 11) is 0. The second-order valence-corrected chi connectivity index (χ2v) is 3.13. The van der Waals surface area contributed by atoms with Crippen LogP contribution in [0.2, 0.25) is 0 Å². The van der Waals surface area contributed by atoms with Gasteiger partial charge in [-0.25, -0.2) is 9.50 Å². The van der Waals surface area contributed by atoms with Crippen LogP contribution in [0, 0.1) is 0 Å². The molecular formula is C10H6N4O. The van der Waals surface area contributed by atoms with Gasteiger partial charge >= 0.3 is 0 Å². The summed E-state index contributed by atoms with van der Waals surface area (Å²) in [4.78, 5) is 15.1. The standard InChI is InChI=1S/C10H6N4O/c15-6-8-10-5-11-13-14(10)9-4-2-1-3-7(9)12-8/h1-6H. The van der Waals surface area contributed by atoms with E-state index in [1.54, 1.807) is 4.52 Å². The zero-order valence-electron chi connectivity index (χ0n) is 7.66. The van der Waals surface area contributed by atoms with Crippen molar-refractivity contribution in [1.82, 2.24) is 19.8 Å². The third-order valence-electron chi connectivity index (χ3n) is 2.27. The molecule has 72 valence electrons. The molecule has 0 N–H and O–H groups in total. The maximum atomic E-state index is 10.8. The predicted molar refractivity (Wildman–Crippen MR) is 53.7 cm³/mol. The third-order valence-corrected chi connectivity index (χ3v) is 2.27. The number of carbonyl (C=O) groups is 1. The number of aromatic nitrogens is 4. The minimum Gasteiger partial charge on any atom is -0.296 e. The lowest BCUT2D eigenvalue weighted by atomic mass is 10.3. The second-order valence-electron chi connectivity index (χ2n) is 3.13. The fourth-order valence-electron chi connectivity index (χ4n) is 1.60. The Morgan fingerprint density at radius 1 is 1.20 bits per heavy atom. The molecule has 0 bridgehead atoms. The molecule has 0 saturated carbocycles. The van der Waals surface area contributed by atoms with Gasteiger partial charge in [-0.1, -0.05) is 17.3 Å². The van der Waals surface area contributed by atoms with E-state index in [-0.39, 0.29) is 0 Å². The van der Waals surface area contributed by atoms with Crippen molar-refractivity contribution in [1.29, 1.82) is 0 Å². The number of carbonyl (C=O) groups excluding carboxylic acids is 1. The van der Waals surface area contributed by atoms with Crippen molar-refractivity contribution in [3.05, 3.63) is 36.2 Å². The van der Waals surface area contributed by atoms with Crippen molar-refractivity contribution in [2.45, 2.75) is 0 Å². The van der Waals surface area contributed by atoms with Crippen LogP contribution in [0.15, 0.2) is 30.5 Å². The monoisotopic (exact) mass is 198 g/mol. The quantitative estimate of drug-likeness (QED) is 0.549. The summed E-state index contributed by atoms with van der Waals surface area (Å²) in [6.07, 6.45) is 2.24. The van der Waals surface area contributed by atoms with Gasteiger partial charge in [0.05, 0.1) is 17.2 Å². The maximum absolute atomic E-state index is 10.8. The van der Waals surface area contributed by atoms with Gasteiger partial charge in [0, 0.05) is 0 Å². The zero-order chi connectivity index (χ0) is 10.3. The van der Waals surface area contributed by atoms with Crippen molar-refractivity contribution < 1.29 is 4.79 Å². The van der Waals surface area contributed by atoms with E-state index >= 15 is 0 Å². The lowest BCUT2D eigenvalue weighted by Crippen LogP contribution is -1.98. The number of rotatable bonds is 1. The second kappa shape index (κ2) is 2.84. The molecular weight excluding hydrogens is 192 g/mol. The Hall–Kier alpha value is -2.30. The highest BCUT2D eigenvalue weighted by Crippen LogP contribution is 2.14. The van der Waals surface area contributed by atoms with Crippen LogP contribution in [-0.2, 0) is 0 Å². The topological polar surface area (TPSA) is 60.2 Å². The Morgan fingerprint density at radius 2 is 2.07 bits per heavy atom. The van der Waals surface area contributed by atoms with Crippen molar-refractivity contribution in [3.8, 4) is 0 Å². The van der Waals surface area contributed by atoms with Gasteiger partial charge in [0.2, 0.25) is 0 Å². The third kappa shape index (κ3) is 1.03. The average molecular weight is 198 g/mol. The summed E-state index contributed by atoms with van der Waals surface area (Å²) in [6, 6.07) is 7.49. The minimum atomic E-state index is 0.360. The predicted octanol–water partition coefficient (Wildman–Crippen LogP) is 1.09. The molecule has 3 rings (SSSR count). The van der Waals surface area contributed by atoms with Gasteiger partial charge in [0.1, 0.15) is 11.2 Å². The Kier molecular flexibility index (Phi) is 1.53. The molecule has 0 spiro atoms. The van der Waals surface area contributed by atoms with E-state index in [0.29, 0.717) is 17.5 Å². The molecule has 15 heavy (non-hydrogen) atoms. The van der Waals surface area contributed by atoms with Gasteiger partial charge in [-0.05, 0) is 12.1 Å². The molecule has 0 fully saturated rings. The van der Waals surface area contributed by atoms with Crippen LogP contribution >= 0.6 is 0 Å². The van der Waals surface area contributed by atoms with Gasteiger partial charge in [-0.15, -0.1) is 5.10 Å². The first-order valence-electron chi connectivity index (χ1n) is 4.44. The van der Waals surface area contributed by atoms with Crippen LogP contribution in [0.3, 0.4) is 0 Å². The van der Waals surface area contributed by atoms with Gasteiger partial charge in [-0.3, -0.25) is 4.79 Å². The Morgan fingerprint density at radius 3 is 2.93 bits per heavy atom. The lowest BCUT2D eigenvalue weighted by Gasteiger charge is -2.00. The van der Waals surface area contributed by atoms with E-state index in [2.05, 4.69) is 15.3 Å². The Labute approximate surface area is 84.4 Å². The zero-order valence-corrected chi connectivity index (χ0v) is 7.66. The molecule has 0 aliphatic carbocycles. The average Bonchev–Trinajstić information content (AvgIpc) is 2.77. The minimum absolute atomic E-state index is 0.360. The van der Waals surface area contributed by atoms with Gasteiger partial charge in [-0.2, -0.15) is 0 Å². The molecule has 5 nitrogen and oxygen atoms in total. The maximum Gasteiger partial charge on any atom is 0.170 e. The van der Waals surface area contributed by atoms with Crippen LogP contribution in [0.5, 0.6) is 0 Å². The van der Waals surface area contributed by atoms with E-state index in [9.17, 15) is 4.79 Å². The van der Waals surface area contributed by atoms with E-state index in [4.69, 9.17) is 0 Å². The summed E-state index contributed by atoms with van der Waals surface area (Å²) in [5, 5.41) is 7.70. The van der Waals surface area contributed by atoms with Crippen molar-refractivity contribution >= 4 is 22.8 Å². The number of fused-ring (bicyclic) bond motifs is 3. The molecule has 0 amide bonds. The first kappa shape index (κ1) is 8.05. The molecule has 0 saturated heterocycles. The number of para-hydroxylation sites is 2. The Balaban J connectivity index is 2.62. The highest BCUT2D eigenvalue weighted by molar-refractivity contribution is 5.89. The van der Waals surface area contributed by atoms with E-state index in [0.717, 1.165) is 11.0 Å². The number of nitrogens with zero attached hydrogens (tertiary/aromatic N) is 4. The van der Waals surface area contributed by atoms with Crippen LogP contribution in [0.4, 0.5) is 0 Å². The number of benzene rings is 1. The fraction of sp³-hybridized carbons (Fsp3) is 0. The van der Waals surface area contributed by atoms with Crippen LogP contribution in [-0.4, -0.2) is 26.1 Å². The van der Waals surface area contributed by atoms with E-state index in [1.165, 1.54) is 6.20 Å². The molecule has 0 atom stereocenters. The van der Waals surface area contributed by atoms with Crippen molar-refractivity contribution in [2.75, 3.05) is 0 Å². The first-order chi connectivity index (χ1) is 7.40. The number of hydrogen-bond acceptors (Lipinski definition) is 4. The summed E-state index contributed by atoms with van der Waals surface area (Å²) >= 11 is 0. The molecule has 5 heteroatoms. The lowest BCUT2D eigenvalue weighted by molar-refractivity contribution is 0.112. The Bertz CT molecular complexity index is 659. The van der Waals surface area contributed by atoms with Gasteiger partial charge in [0.15, 0.2) is 6.29 Å². The van der Waals surface area contributed by atoms with Crippen molar-refractivity contribution in [2.24, 2.45) is 0 Å². The smallest absolute Gasteiger partial charge is 0.170 e. The van der Waals surface area contributed by atoms with Gasteiger partial charge < -0.3 is 0 Å². The largest absolute Gasteiger partial charge is 0.296 e. The molecule has 0 aliphatic heterocycles. The molecule has 2 heterocycles. The highest BCUT2D eigenvalue weighted by Gasteiger charge is 2.07. The van der Waals surface area contributed by atoms with Crippen LogP contribution in [0.25, 0.3) is 16.6 Å². The molecule has 1 aromatic carbocycles. The van der Waals surface area contributed by atoms with Crippen molar-refractivity contribution in [3.63, 3.8) is 0 Å². The van der Waals surface area contributed by atoms with Gasteiger partial charge in [0.25, 0.3) is 0 Å². The number of aldehydes is 1. The molecule has 0 radical (unpaired) electrons. The first-order valence-corrected chi connectivity index (χ1v) is 4.44. The fourth-order valence-corrected chi connectivity index (χ4v) is 1.60. The highest BCUT2D eigenvalue weighted by atomic mass is 16.1. The summed E-state index contributed by atoms with van der Waals surface area (Å²) < 4.78 is 1.62. The molecule has 3 aromatic rings. The molecule has 0 unspecified atom stereocenters. The summed E-state index contributed by atoms with van der Waals surface area (Å²) in [6.45, 7) is 0. The van der Waals surface area contributed by atoms with E-state index < -0.39 is 0 Å². The van der Waals surface area contributed by atoms with E-state index in [1.807, 2.05) is 24.3 Å². The SMILES string of the molecule is O=Cc1nc2ccccc2n2nncc12. The normalized spacial score (nSPS) is 10.9.